The number of carbonyl (C=O) groups is 3. The summed E-state index contributed by atoms with van der Waals surface area (Å²) in [6.45, 7) is 6.46. The zero-order valence-corrected chi connectivity index (χ0v) is 17.2. The second-order valence-electron chi connectivity index (χ2n) is 6.25. The van der Waals surface area contributed by atoms with Crippen molar-refractivity contribution < 1.29 is 38.1 Å². The fourth-order valence-electron chi connectivity index (χ4n) is 2.22. The molecule has 0 unspecified atom stereocenters. The predicted octanol–water partition coefficient (Wildman–Crippen LogP) is 2.57. The Hall–Kier alpha value is -3.03. The van der Waals surface area contributed by atoms with Gasteiger partial charge in [0.15, 0.2) is 11.5 Å². The summed E-state index contributed by atoms with van der Waals surface area (Å²) in [6, 6.07) is 3.07. The van der Waals surface area contributed by atoms with Crippen LogP contribution in [-0.2, 0) is 23.9 Å². The highest BCUT2D eigenvalue weighted by molar-refractivity contribution is 6.47. The van der Waals surface area contributed by atoms with Crippen molar-refractivity contribution in [2.75, 3.05) is 21.3 Å². The molecule has 8 nitrogen and oxygen atoms in total. The van der Waals surface area contributed by atoms with E-state index in [9.17, 15) is 14.4 Å². The van der Waals surface area contributed by atoms with E-state index in [1.54, 1.807) is 27.7 Å². The van der Waals surface area contributed by atoms with E-state index in [0.29, 0.717) is 22.8 Å². The molecule has 154 valence electrons. The van der Waals surface area contributed by atoms with E-state index < -0.39 is 35.5 Å². The van der Waals surface area contributed by atoms with Crippen molar-refractivity contribution in [2.45, 2.75) is 39.9 Å². The van der Waals surface area contributed by atoms with Gasteiger partial charge < -0.3 is 23.7 Å². The summed E-state index contributed by atoms with van der Waals surface area (Å²) in [5.41, 5.74) is -0.0930. The molecule has 1 aromatic carbocycles. The van der Waals surface area contributed by atoms with Crippen LogP contribution >= 0.6 is 0 Å². The second kappa shape index (κ2) is 10.3. The van der Waals surface area contributed by atoms with Gasteiger partial charge in [0.05, 0.1) is 33.5 Å². The maximum absolute atomic E-state index is 12.5. The first-order valence-electron chi connectivity index (χ1n) is 8.62. The quantitative estimate of drug-likeness (QED) is 0.207. The first kappa shape index (κ1) is 23.0. The average molecular weight is 394 g/mol. The number of ether oxygens (including phenoxy) is 5. The Morgan fingerprint density at radius 1 is 0.786 bits per heavy atom. The van der Waals surface area contributed by atoms with Gasteiger partial charge in [0.2, 0.25) is 5.75 Å². The third-order valence-electron chi connectivity index (χ3n) is 3.33. The summed E-state index contributed by atoms with van der Waals surface area (Å²) in [5.74, 6) is -2.19. The van der Waals surface area contributed by atoms with Crippen LogP contribution in [0.15, 0.2) is 17.7 Å². The van der Waals surface area contributed by atoms with Gasteiger partial charge >= 0.3 is 11.9 Å². The molecule has 0 fully saturated rings. The van der Waals surface area contributed by atoms with Crippen molar-refractivity contribution in [1.82, 2.24) is 0 Å². The van der Waals surface area contributed by atoms with Crippen molar-refractivity contribution in [2.24, 2.45) is 0 Å². The Bertz CT molecular complexity index is 736. The molecule has 28 heavy (non-hydrogen) atoms. The lowest BCUT2D eigenvalue weighted by molar-refractivity contribution is -0.157. The molecule has 0 N–H and O–H groups in total. The number of Topliss-reactive ketones (excluding diaryl/α,β-unsaturated/α-hetero) is 1. The monoisotopic (exact) mass is 394 g/mol. The van der Waals surface area contributed by atoms with Gasteiger partial charge in [0.1, 0.15) is 5.57 Å². The molecule has 1 rings (SSSR count). The molecule has 0 radical (unpaired) electrons. The molecule has 0 saturated heterocycles. The van der Waals surface area contributed by atoms with Gasteiger partial charge in [-0.15, -0.1) is 0 Å². The van der Waals surface area contributed by atoms with Crippen molar-refractivity contribution in [1.29, 1.82) is 0 Å². The largest absolute Gasteiger partial charge is 0.493 e. The molecular formula is C20H26O8. The Kier molecular flexibility index (Phi) is 8.50. The van der Waals surface area contributed by atoms with E-state index in [2.05, 4.69) is 0 Å². The molecule has 0 heterocycles. The fraction of sp³-hybridized carbons (Fsp3) is 0.450. The van der Waals surface area contributed by atoms with Crippen molar-refractivity contribution in [3.05, 3.63) is 23.3 Å². The van der Waals surface area contributed by atoms with Crippen molar-refractivity contribution >= 4 is 23.8 Å². The van der Waals surface area contributed by atoms with E-state index in [-0.39, 0.29) is 0 Å². The molecule has 0 atom stereocenters. The summed E-state index contributed by atoms with van der Waals surface area (Å²) in [5, 5.41) is 0. The predicted molar refractivity (Wildman–Crippen MR) is 102 cm³/mol. The highest BCUT2D eigenvalue weighted by Crippen LogP contribution is 2.38. The minimum atomic E-state index is -1.14. The average Bonchev–Trinajstić information content (AvgIpc) is 2.63. The molecule has 0 saturated carbocycles. The number of hydrogen-bond donors (Lipinski definition) is 0. The third kappa shape index (κ3) is 6.00. The summed E-state index contributed by atoms with van der Waals surface area (Å²) in [6.07, 6.45) is 0.226. The topological polar surface area (TPSA) is 97.4 Å². The number of hydrogen-bond acceptors (Lipinski definition) is 8. The van der Waals surface area contributed by atoms with E-state index in [1.165, 1.54) is 39.5 Å². The van der Waals surface area contributed by atoms with Gasteiger partial charge in [-0.2, -0.15) is 0 Å². The van der Waals surface area contributed by atoms with Gasteiger partial charge in [-0.3, -0.25) is 4.79 Å². The van der Waals surface area contributed by atoms with Crippen LogP contribution in [0, 0.1) is 0 Å². The molecule has 8 heteroatoms. The normalized spacial score (nSPS) is 11.2. The number of ketones is 1. The maximum atomic E-state index is 12.5. The number of carbonyl (C=O) groups excluding carboxylic acids is 3. The molecule has 0 aliphatic heterocycles. The van der Waals surface area contributed by atoms with Crippen LogP contribution in [0.4, 0.5) is 0 Å². The standard InChI is InChI=1S/C20H26O8/c1-11(2)27-19(22)14(17(21)20(23)28-12(3)4)8-13-9-15(24-5)18(26-7)16(10-13)25-6/h8-12H,1-7H3. The molecular weight excluding hydrogens is 368 g/mol. The van der Waals surface area contributed by atoms with Crippen LogP contribution in [0.1, 0.15) is 33.3 Å². The van der Waals surface area contributed by atoms with Crippen molar-refractivity contribution in [3.8, 4) is 17.2 Å². The molecule has 0 bridgehead atoms. The lowest BCUT2D eigenvalue weighted by Crippen LogP contribution is -2.28. The Morgan fingerprint density at radius 2 is 1.25 bits per heavy atom. The van der Waals surface area contributed by atoms with E-state index in [4.69, 9.17) is 23.7 Å². The summed E-state index contributed by atoms with van der Waals surface area (Å²) in [7, 11) is 4.32. The van der Waals surface area contributed by atoms with Gasteiger partial charge in [-0.1, -0.05) is 0 Å². The first-order chi connectivity index (χ1) is 13.1. The maximum Gasteiger partial charge on any atom is 0.380 e. The number of methoxy groups -OCH3 is 3. The van der Waals surface area contributed by atoms with Crippen molar-refractivity contribution in [3.63, 3.8) is 0 Å². The lowest BCUT2D eigenvalue weighted by atomic mass is 10.1. The van der Waals surface area contributed by atoms with Gasteiger partial charge in [0, 0.05) is 0 Å². The minimum Gasteiger partial charge on any atom is -0.493 e. The number of esters is 2. The first-order valence-corrected chi connectivity index (χ1v) is 8.62. The number of rotatable bonds is 9. The molecule has 1 aromatic rings. The summed E-state index contributed by atoms with van der Waals surface area (Å²) in [4.78, 5) is 37.0. The van der Waals surface area contributed by atoms with Crippen LogP contribution < -0.4 is 14.2 Å². The van der Waals surface area contributed by atoms with Crippen LogP contribution in [0.5, 0.6) is 17.2 Å². The second-order valence-corrected chi connectivity index (χ2v) is 6.25. The van der Waals surface area contributed by atoms with Gasteiger partial charge in [-0.25, -0.2) is 9.59 Å². The van der Waals surface area contributed by atoms with Gasteiger partial charge in [0.25, 0.3) is 5.78 Å². The third-order valence-corrected chi connectivity index (χ3v) is 3.33. The van der Waals surface area contributed by atoms with E-state index in [0.717, 1.165) is 0 Å². The van der Waals surface area contributed by atoms with E-state index in [1.807, 2.05) is 0 Å². The van der Waals surface area contributed by atoms with Crippen LogP contribution in [0.2, 0.25) is 0 Å². The molecule has 0 spiro atoms. The number of benzene rings is 1. The smallest absolute Gasteiger partial charge is 0.380 e. The Labute approximate surface area is 164 Å². The highest BCUT2D eigenvalue weighted by atomic mass is 16.6. The summed E-state index contributed by atoms with van der Waals surface area (Å²) >= 11 is 0. The Morgan fingerprint density at radius 3 is 1.64 bits per heavy atom. The van der Waals surface area contributed by atoms with Crippen LogP contribution in [0.3, 0.4) is 0 Å². The highest BCUT2D eigenvalue weighted by Gasteiger charge is 2.29. The SMILES string of the molecule is COc1cc(C=C(C(=O)OC(C)C)C(=O)C(=O)OC(C)C)cc(OC)c1OC. The zero-order chi connectivity index (χ0) is 21.4. The lowest BCUT2D eigenvalue weighted by Gasteiger charge is -2.14. The molecule has 0 aromatic heterocycles. The molecule has 0 aliphatic rings. The van der Waals surface area contributed by atoms with Crippen LogP contribution in [0.25, 0.3) is 6.08 Å². The minimum absolute atomic E-state index is 0.321. The fourth-order valence-corrected chi connectivity index (χ4v) is 2.22. The Balaban J connectivity index is 3.48. The summed E-state index contributed by atoms with van der Waals surface area (Å²) < 4.78 is 25.8. The molecule has 0 aliphatic carbocycles. The van der Waals surface area contributed by atoms with E-state index >= 15 is 0 Å². The van der Waals surface area contributed by atoms with Gasteiger partial charge in [-0.05, 0) is 51.5 Å². The zero-order valence-electron chi connectivity index (χ0n) is 17.2. The van der Waals surface area contributed by atoms with Crippen LogP contribution in [-0.4, -0.2) is 51.3 Å². The molecule has 0 amide bonds.